The summed E-state index contributed by atoms with van der Waals surface area (Å²) in [5, 5.41) is 10.8. The average molecular weight is 839 g/mol. The van der Waals surface area contributed by atoms with Crippen LogP contribution in [0.25, 0.3) is 0 Å². The highest BCUT2D eigenvalue weighted by Gasteiger charge is 2.51. The van der Waals surface area contributed by atoms with Crippen molar-refractivity contribution < 1.29 is 33.1 Å². The molecule has 60 heavy (non-hydrogen) atoms. The van der Waals surface area contributed by atoms with Crippen LogP contribution in [-0.2, 0) is 34.8 Å². The van der Waals surface area contributed by atoms with Gasteiger partial charge in [-0.25, -0.2) is 0 Å². The predicted molar refractivity (Wildman–Crippen MR) is 238 cm³/mol. The fraction of sp³-hybridized carbons (Fsp3) is 0.521. The van der Waals surface area contributed by atoms with Crippen molar-refractivity contribution in [1.82, 2.24) is 20.9 Å². The smallest absolute Gasteiger partial charge is 0.262 e. The van der Waals surface area contributed by atoms with E-state index in [1.54, 1.807) is 18.7 Å². The van der Waals surface area contributed by atoms with E-state index in [1.807, 2.05) is 81.4 Å². The van der Waals surface area contributed by atoms with Gasteiger partial charge < -0.3 is 30.0 Å². The van der Waals surface area contributed by atoms with Gasteiger partial charge in [-0.05, 0) is 92.9 Å². The van der Waals surface area contributed by atoms with Crippen molar-refractivity contribution in [2.45, 2.75) is 154 Å². The van der Waals surface area contributed by atoms with E-state index in [0.717, 1.165) is 15.9 Å². The molecule has 2 aliphatic heterocycles. The summed E-state index contributed by atoms with van der Waals surface area (Å²) in [6.07, 6.45) is 3.33. The topological polar surface area (TPSA) is 143 Å². The highest BCUT2D eigenvalue weighted by Crippen LogP contribution is 2.38. The molecule has 4 amide bonds. The third-order valence-corrected chi connectivity index (χ3v) is 17.2. The van der Waals surface area contributed by atoms with Gasteiger partial charge in [-0.2, -0.15) is 0 Å². The summed E-state index contributed by atoms with van der Waals surface area (Å²) in [6, 6.07) is 25.3. The number of nitrogens with zero attached hydrogens (tertiary/aromatic N) is 1. The van der Waals surface area contributed by atoms with Crippen LogP contribution in [0, 0.1) is 0 Å². The van der Waals surface area contributed by atoms with Gasteiger partial charge in [0.25, 0.3) is 8.32 Å². The molecule has 5 rings (SSSR count). The number of ether oxygens (including phenoxy) is 1. The van der Waals surface area contributed by atoms with Crippen LogP contribution in [0.4, 0.5) is 0 Å². The van der Waals surface area contributed by atoms with Crippen LogP contribution in [0.5, 0.6) is 5.75 Å². The van der Waals surface area contributed by atoms with Crippen molar-refractivity contribution in [1.29, 1.82) is 0 Å². The molecule has 3 aromatic carbocycles. The Kier molecular flexibility index (Phi) is 15.5. The zero-order chi connectivity index (χ0) is 43.7. The first-order valence-corrected chi connectivity index (χ1v) is 23.7. The first kappa shape index (κ1) is 46.3. The van der Waals surface area contributed by atoms with Crippen molar-refractivity contribution >= 4 is 48.1 Å². The minimum atomic E-state index is -2.91. The van der Waals surface area contributed by atoms with Gasteiger partial charge in [-0.3, -0.25) is 24.0 Å². The standard InChI is InChI=1S/C48H66N4O7Si/c1-9-48(8)46(57)50-40(32-35-27-29-36(30-28-35)58-33(2)3)45(56)52-31-19-25-41(52)44(55)49-39(43(54)51-48)24-17-12-18-26-42(53)34(4)59-60(47(5,6)7,37-20-13-10-14-21-37)38-22-15-11-16-23-38/h10-11,13-16,20-23,27-30,33-34,39-41H,9,12,17-19,24-26,31-32H2,1-8H3,(H,49,55)(H,50,57)(H,51,54)/t34-,39+,40+,41-,48+/m1/s1. The lowest BCUT2D eigenvalue weighted by molar-refractivity contribution is -0.144. The summed E-state index contributed by atoms with van der Waals surface area (Å²) in [5.41, 5.74) is -0.521. The van der Waals surface area contributed by atoms with Crippen LogP contribution >= 0.6 is 0 Å². The van der Waals surface area contributed by atoms with Gasteiger partial charge in [0.05, 0.1) is 6.10 Å². The Labute approximate surface area is 357 Å². The minimum Gasteiger partial charge on any atom is -0.491 e. The molecule has 0 saturated carbocycles. The molecule has 0 bridgehead atoms. The first-order chi connectivity index (χ1) is 28.5. The number of carbonyl (C=O) groups is 5. The molecule has 2 heterocycles. The molecule has 324 valence electrons. The molecule has 0 radical (unpaired) electrons. The maximum Gasteiger partial charge on any atom is 0.262 e. The minimum absolute atomic E-state index is 0.00996. The number of Topliss-reactive ketones (excluding diaryl/α,β-unsaturated/α-hetero) is 1. The number of carbonyl (C=O) groups excluding carboxylic acids is 5. The first-order valence-electron chi connectivity index (χ1n) is 21.8. The zero-order valence-electron chi connectivity index (χ0n) is 36.8. The van der Waals surface area contributed by atoms with Crippen molar-refractivity contribution in [3.63, 3.8) is 0 Å². The van der Waals surface area contributed by atoms with Crippen LogP contribution in [0.3, 0.4) is 0 Å². The van der Waals surface area contributed by atoms with Gasteiger partial charge in [0.2, 0.25) is 23.6 Å². The molecule has 0 aromatic heterocycles. The molecule has 0 spiro atoms. The summed E-state index contributed by atoms with van der Waals surface area (Å²) in [6.45, 7) is 16.1. The molecule has 11 nitrogen and oxygen atoms in total. The number of amides is 4. The van der Waals surface area contributed by atoms with E-state index in [2.05, 4.69) is 61.0 Å². The maximum atomic E-state index is 14.2. The van der Waals surface area contributed by atoms with Gasteiger partial charge in [0, 0.05) is 19.4 Å². The lowest BCUT2D eigenvalue weighted by atomic mass is 9.94. The van der Waals surface area contributed by atoms with Crippen LogP contribution in [0.2, 0.25) is 5.04 Å². The zero-order valence-corrected chi connectivity index (χ0v) is 37.8. The van der Waals surface area contributed by atoms with E-state index in [4.69, 9.17) is 9.16 Å². The van der Waals surface area contributed by atoms with Gasteiger partial charge >= 0.3 is 0 Å². The molecule has 0 aliphatic carbocycles. The number of unbranched alkanes of at least 4 members (excludes halogenated alkanes) is 2. The van der Waals surface area contributed by atoms with Crippen LogP contribution in [-0.4, -0.2) is 85.0 Å². The third kappa shape index (κ3) is 10.9. The third-order valence-electron chi connectivity index (χ3n) is 12.1. The molecule has 0 unspecified atom stereocenters. The largest absolute Gasteiger partial charge is 0.491 e. The molecular formula is C48H66N4O7Si. The Morgan fingerprint density at radius 1 is 0.833 bits per heavy atom. The fourth-order valence-corrected chi connectivity index (χ4v) is 13.2. The maximum absolute atomic E-state index is 14.2. The average Bonchev–Trinajstić information content (AvgIpc) is 3.72. The van der Waals surface area contributed by atoms with Crippen molar-refractivity contribution in [3.05, 3.63) is 90.5 Å². The number of benzene rings is 3. The van der Waals surface area contributed by atoms with E-state index in [9.17, 15) is 24.0 Å². The predicted octanol–water partition coefficient (Wildman–Crippen LogP) is 5.76. The van der Waals surface area contributed by atoms with Gasteiger partial charge in [-0.1, -0.05) is 113 Å². The van der Waals surface area contributed by atoms with E-state index in [1.165, 1.54) is 0 Å². The monoisotopic (exact) mass is 838 g/mol. The SMILES string of the molecule is CC[C@]1(C)NC(=O)[C@H](CCCCCC(=O)[C@@H](C)O[Si](c2ccccc2)(c2ccccc2)C(C)(C)C)NC(=O)[C@H]2CCCN2C(=O)[C@H](Cc2ccc(OC(C)C)cc2)NC1=O. The molecular weight excluding hydrogens is 773 g/mol. The van der Waals surface area contributed by atoms with Crippen LogP contribution < -0.4 is 31.1 Å². The number of hydrogen-bond donors (Lipinski definition) is 3. The highest BCUT2D eigenvalue weighted by atomic mass is 28.4. The summed E-state index contributed by atoms with van der Waals surface area (Å²) >= 11 is 0. The molecule has 3 N–H and O–H groups in total. The second-order valence-corrected chi connectivity index (χ2v) is 22.2. The number of nitrogens with one attached hydrogen (secondary N) is 3. The number of rotatable bonds is 16. The molecule has 12 heteroatoms. The van der Waals surface area contributed by atoms with Gasteiger partial charge in [-0.15, -0.1) is 0 Å². The Balaban J connectivity index is 1.25. The van der Waals surface area contributed by atoms with E-state index in [-0.39, 0.29) is 41.6 Å². The number of ketones is 1. The Bertz CT molecular complexity index is 1900. The molecule has 2 fully saturated rings. The molecule has 5 atom stereocenters. The summed E-state index contributed by atoms with van der Waals surface area (Å²) in [4.78, 5) is 71.3. The lowest BCUT2D eigenvalue weighted by Crippen LogP contribution is -2.68. The van der Waals surface area contributed by atoms with Crippen LogP contribution in [0.15, 0.2) is 84.9 Å². The van der Waals surface area contributed by atoms with Crippen molar-refractivity contribution in [2.24, 2.45) is 0 Å². The Hall–Kier alpha value is -4.81. The van der Waals surface area contributed by atoms with E-state index < -0.39 is 49.9 Å². The summed E-state index contributed by atoms with van der Waals surface area (Å²) in [7, 11) is -2.91. The molecule has 3 aromatic rings. The normalized spacial score (nSPS) is 22.2. The Morgan fingerprint density at radius 2 is 1.45 bits per heavy atom. The van der Waals surface area contributed by atoms with Crippen molar-refractivity contribution in [3.8, 4) is 5.75 Å². The summed E-state index contributed by atoms with van der Waals surface area (Å²) < 4.78 is 12.8. The summed E-state index contributed by atoms with van der Waals surface area (Å²) in [5.74, 6) is -0.917. The molecule has 2 saturated heterocycles. The second kappa shape index (κ2) is 20.2. The number of fused-ring (bicyclic) bond motifs is 1. The number of hydrogen-bond acceptors (Lipinski definition) is 7. The molecule has 2 aliphatic rings. The van der Waals surface area contributed by atoms with E-state index >= 15 is 0 Å². The second-order valence-electron chi connectivity index (χ2n) is 18.0. The van der Waals surface area contributed by atoms with E-state index in [0.29, 0.717) is 57.2 Å². The Morgan fingerprint density at radius 3 is 2.02 bits per heavy atom. The quantitative estimate of drug-likeness (QED) is 0.123. The van der Waals surface area contributed by atoms with Gasteiger partial charge in [0.15, 0.2) is 5.78 Å². The van der Waals surface area contributed by atoms with Crippen molar-refractivity contribution in [2.75, 3.05) is 6.54 Å². The highest BCUT2D eigenvalue weighted by molar-refractivity contribution is 6.99. The lowest BCUT2D eigenvalue weighted by Gasteiger charge is -2.44. The van der Waals surface area contributed by atoms with Crippen LogP contribution in [0.1, 0.15) is 112 Å². The van der Waals surface area contributed by atoms with Gasteiger partial charge in [0.1, 0.15) is 35.5 Å². The fourth-order valence-electron chi connectivity index (χ4n) is 8.48.